The fourth-order valence-corrected chi connectivity index (χ4v) is 3.81. The van der Waals surface area contributed by atoms with Crippen molar-refractivity contribution in [3.05, 3.63) is 21.3 Å². The maximum atomic E-state index is 12.6. The number of hydrogen-bond acceptors (Lipinski definition) is 4. The first-order valence-corrected chi connectivity index (χ1v) is 9.39. The minimum absolute atomic E-state index is 0.0149. The fourth-order valence-electron chi connectivity index (χ4n) is 2.80. The van der Waals surface area contributed by atoms with E-state index in [9.17, 15) is 9.59 Å². The lowest BCUT2D eigenvalue weighted by molar-refractivity contribution is 0.0461. The smallest absolute Gasteiger partial charge is 0.407 e. The Balaban J connectivity index is 1.92. The van der Waals surface area contributed by atoms with Crippen LogP contribution in [-0.2, 0) is 4.74 Å². The van der Waals surface area contributed by atoms with Crippen LogP contribution in [0.15, 0.2) is 12.1 Å². The first-order valence-electron chi connectivity index (χ1n) is 8.20. The van der Waals surface area contributed by atoms with Crippen LogP contribution in [0.2, 0.25) is 4.34 Å². The Bertz CT molecular complexity index is 597. The molecule has 134 valence electrons. The van der Waals surface area contributed by atoms with Crippen molar-refractivity contribution < 1.29 is 14.3 Å². The number of carbonyl (C=O) groups is 2. The molecular formula is C17H25ClN2O3S. The molecule has 1 fully saturated rings. The van der Waals surface area contributed by atoms with Crippen molar-refractivity contribution in [3.8, 4) is 0 Å². The molecule has 0 spiro atoms. The van der Waals surface area contributed by atoms with E-state index < -0.39 is 11.7 Å². The van der Waals surface area contributed by atoms with Crippen LogP contribution >= 0.6 is 22.9 Å². The molecule has 7 heteroatoms. The van der Waals surface area contributed by atoms with Gasteiger partial charge in [0.25, 0.3) is 5.91 Å². The van der Waals surface area contributed by atoms with Crippen molar-refractivity contribution in [2.75, 3.05) is 13.1 Å². The standard InChI is InChI=1S/C17H25ClN2O3S/c1-11(19-16(22)23-17(2,3)4)12-6-5-9-20(10-12)15(21)13-7-8-14(18)24-13/h7-8,11-12H,5-6,9-10H2,1-4H3,(H,19,22)/t11-,12-/m0/s1. The molecule has 2 heterocycles. The lowest BCUT2D eigenvalue weighted by Crippen LogP contribution is -2.48. The van der Waals surface area contributed by atoms with Crippen LogP contribution in [-0.4, -0.2) is 41.6 Å². The van der Waals surface area contributed by atoms with Crippen LogP contribution < -0.4 is 5.32 Å². The quantitative estimate of drug-likeness (QED) is 0.866. The number of likely N-dealkylation sites (tertiary alicyclic amines) is 1. The number of halogens is 1. The minimum Gasteiger partial charge on any atom is -0.444 e. The number of rotatable bonds is 3. The molecule has 2 rings (SSSR count). The Hall–Kier alpha value is -1.27. The van der Waals surface area contributed by atoms with E-state index in [0.29, 0.717) is 15.8 Å². The molecule has 0 saturated carbocycles. The highest BCUT2D eigenvalue weighted by Crippen LogP contribution is 2.26. The predicted molar refractivity (Wildman–Crippen MR) is 96.8 cm³/mol. The van der Waals surface area contributed by atoms with E-state index in [4.69, 9.17) is 16.3 Å². The molecule has 0 bridgehead atoms. The highest BCUT2D eigenvalue weighted by molar-refractivity contribution is 7.17. The number of piperidine rings is 1. The Morgan fingerprint density at radius 1 is 1.42 bits per heavy atom. The molecule has 0 radical (unpaired) electrons. The van der Waals surface area contributed by atoms with Crippen LogP contribution in [0.5, 0.6) is 0 Å². The maximum Gasteiger partial charge on any atom is 0.407 e. The summed E-state index contributed by atoms with van der Waals surface area (Å²) in [6.45, 7) is 8.85. The van der Waals surface area contributed by atoms with Crippen molar-refractivity contribution in [1.82, 2.24) is 10.2 Å². The average molecular weight is 373 g/mol. The van der Waals surface area contributed by atoms with Gasteiger partial charge in [-0.15, -0.1) is 11.3 Å². The van der Waals surface area contributed by atoms with E-state index in [2.05, 4.69) is 5.32 Å². The summed E-state index contributed by atoms with van der Waals surface area (Å²) in [6.07, 6.45) is 1.49. The number of hydrogen-bond donors (Lipinski definition) is 1. The van der Waals surface area contributed by atoms with Crippen LogP contribution in [0.4, 0.5) is 4.79 Å². The molecule has 1 aromatic rings. The third-order valence-corrected chi connectivity index (χ3v) is 5.20. The minimum atomic E-state index is -0.517. The lowest BCUT2D eigenvalue weighted by Gasteiger charge is -2.36. The molecule has 0 aromatic carbocycles. The topological polar surface area (TPSA) is 58.6 Å². The van der Waals surface area contributed by atoms with Crippen molar-refractivity contribution in [1.29, 1.82) is 0 Å². The molecule has 1 aliphatic rings. The van der Waals surface area contributed by atoms with Gasteiger partial charge in [-0.3, -0.25) is 4.79 Å². The van der Waals surface area contributed by atoms with Crippen LogP contribution in [0, 0.1) is 5.92 Å². The lowest BCUT2D eigenvalue weighted by atomic mass is 9.91. The Kier molecular flexibility index (Phi) is 6.15. The molecule has 2 amide bonds. The normalized spacial score (nSPS) is 19.7. The summed E-state index contributed by atoms with van der Waals surface area (Å²) in [5.74, 6) is 0.228. The van der Waals surface area contributed by atoms with E-state index >= 15 is 0 Å². The summed E-state index contributed by atoms with van der Waals surface area (Å²) >= 11 is 7.22. The van der Waals surface area contributed by atoms with Crippen LogP contribution in [0.3, 0.4) is 0 Å². The molecule has 24 heavy (non-hydrogen) atoms. The number of amides is 2. The average Bonchev–Trinajstić information content (AvgIpc) is 2.91. The molecule has 1 saturated heterocycles. The largest absolute Gasteiger partial charge is 0.444 e. The zero-order chi connectivity index (χ0) is 17.9. The highest BCUT2D eigenvalue weighted by Gasteiger charge is 2.30. The summed E-state index contributed by atoms with van der Waals surface area (Å²) in [4.78, 5) is 27.0. The molecular weight excluding hydrogens is 348 g/mol. The Morgan fingerprint density at radius 3 is 2.71 bits per heavy atom. The number of thiophene rings is 1. The van der Waals surface area contributed by atoms with Gasteiger partial charge in [0.15, 0.2) is 0 Å². The van der Waals surface area contributed by atoms with E-state index in [-0.39, 0.29) is 17.9 Å². The van der Waals surface area contributed by atoms with E-state index in [1.807, 2.05) is 32.6 Å². The third-order valence-electron chi connectivity index (χ3n) is 3.98. The number of ether oxygens (including phenoxy) is 1. The summed E-state index contributed by atoms with van der Waals surface area (Å²) in [5.41, 5.74) is -0.517. The van der Waals surface area contributed by atoms with Gasteiger partial charge in [-0.1, -0.05) is 11.6 Å². The molecule has 1 N–H and O–H groups in total. The Labute approximate surface area is 152 Å². The molecule has 0 aliphatic carbocycles. The second kappa shape index (κ2) is 7.74. The summed E-state index contributed by atoms with van der Waals surface area (Å²) < 4.78 is 5.92. The molecule has 2 atom stereocenters. The van der Waals surface area contributed by atoms with Gasteiger partial charge in [0.2, 0.25) is 0 Å². The highest BCUT2D eigenvalue weighted by atomic mass is 35.5. The number of nitrogens with zero attached hydrogens (tertiary/aromatic N) is 1. The molecule has 1 aliphatic heterocycles. The SMILES string of the molecule is C[C@H](NC(=O)OC(C)(C)C)[C@H]1CCCN(C(=O)c2ccc(Cl)s2)C1. The molecule has 0 unspecified atom stereocenters. The number of carbonyl (C=O) groups excluding carboxylic acids is 2. The summed E-state index contributed by atoms with van der Waals surface area (Å²) in [5, 5.41) is 2.89. The number of alkyl carbamates (subject to hydrolysis) is 1. The third kappa shape index (κ3) is 5.38. The van der Waals surface area contributed by atoms with Crippen molar-refractivity contribution in [2.45, 2.75) is 52.2 Å². The zero-order valence-electron chi connectivity index (χ0n) is 14.6. The van der Waals surface area contributed by atoms with Crippen molar-refractivity contribution in [3.63, 3.8) is 0 Å². The van der Waals surface area contributed by atoms with E-state index in [1.54, 1.807) is 12.1 Å². The Morgan fingerprint density at radius 2 is 2.12 bits per heavy atom. The van der Waals surface area contributed by atoms with Gasteiger partial charge >= 0.3 is 6.09 Å². The van der Waals surface area contributed by atoms with Gasteiger partial charge in [-0.2, -0.15) is 0 Å². The fraction of sp³-hybridized carbons (Fsp3) is 0.647. The molecule has 1 aromatic heterocycles. The maximum absolute atomic E-state index is 12.6. The van der Waals surface area contributed by atoms with Gasteiger partial charge in [0, 0.05) is 19.1 Å². The first-order chi connectivity index (χ1) is 11.2. The predicted octanol–water partition coefficient (Wildman–Crippen LogP) is 4.17. The first kappa shape index (κ1) is 19.1. The summed E-state index contributed by atoms with van der Waals surface area (Å²) in [6, 6.07) is 3.46. The monoisotopic (exact) mass is 372 g/mol. The van der Waals surface area contributed by atoms with Gasteiger partial charge in [-0.05, 0) is 58.6 Å². The second-order valence-corrected chi connectivity index (χ2v) is 8.91. The van der Waals surface area contributed by atoms with Gasteiger partial charge in [0.05, 0.1) is 9.21 Å². The van der Waals surface area contributed by atoms with Gasteiger partial charge in [0.1, 0.15) is 5.60 Å². The molecule has 5 nitrogen and oxygen atoms in total. The van der Waals surface area contributed by atoms with Gasteiger partial charge < -0.3 is 15.0 Å². The van der Waals surface area contributed by atoms with Crippen molar-refractivity contribution in [2.24, 2.45) is 5.92 Å². The number of nitrogens with one attached hydrogen (secondary N) is 1. The van der Waals surface area contributed by atoms with Crippen LogP contribution in [0.1, 0.15) is 50.2 Å². The van der Waals surface area contributed by atoms with Crippen LogP contribution in [0.25, 0.3) is 0 Å². The van der Waals surface area contributed by atoms with E-state index in [1.165, 1.54) is 11.3 Å². The van der Waals surface area contributed by atoms with E-state index in [0.717, 1.165) is 19.4 Å². The van der Waals surface area contributed by atoms with Gasteiger partial charge in [-0.25, -0.2) is 4.79 Å². The summed E-state index contributed by atoms with van der Waals surface area (Å²) in [7, 11) is 0. The van der Waals surface area contributed by atoms with Crippen molar-refractivity contribution >= 4 is 34.9 Å². The zero-order valence-corrected chi connectivity index (χ0v) is 16.2. The second-order valence-electron chi connectivity index (χ2n) is 7.19.